The van der Waals surface area contributed by atoms with Crippen molar-refractivity contribution in [1.82, 2.24) is 4.98 Å². The van der Waals surface area contributed by atoms with Gasteiger partial charge in [0, 0.05) is 17.6 Å². The van der Waals surface area contributed by atoms with Gasteiger partial charge >= 0.3 is 0 Å². The molecule has 0 aliphatic carbocycles. The summed E-state index contributed by atoms with van der Waals surface area (Å²) in [5.41, 5.74) is 0.621. The van der Waals surface area contributed by atoms with E-state index in [1.165, 1.54) is 23.4 Å². The van der Waals surface area contributed by atoms with Crippen molar-refractivity contribution in [2.45, 2.75) is 24.0 Å². The Hall–Kier alpha value is -1.37. The van der Waals surface area contributed by atoms with Crippen molar-refractivity contribution in [3.05, 3.63) is 42.1 Å². The molecule has 0 spiro atoms. The molecule has 6 heteroatoms. The van der Waals surface area contributed by atoms with E-state index in [9.17, 15) is 4.79 Å². The molecular weight excluding hydrogens is 292 g/mol. The van der Waals surface area contributed by atoms with Crippen LogP contribution in [-0.2, 0) is 4.18 Å². The molecule has 4 nitrogen and oxygen atoms in total. The van der Waals surface area contributed by atoms with Crippen molar-refractivity contribution in [3.63, 3.8) is 0 Å². The largest absolute Gasteiger partial charge is 0.310 e. The predicted octanol–water partition coefficient (Wildman–Crippen LogP) is 4.22. The molecule has 0 saturated heterocycles. The lowest BCUT2D eigenvalue weighted by Gasteiger charge is -2.00. The zero-order valence-corrected chi connectivity index (χ0v) is 12.8. The predicted molar refractivity (Wildman–Crippen MR) is 83.2 cm³/mol. The van der Waals surface area contributed by atoms with Gasteiger partial charge in [0.05, 0.1) is 12.8 Å². The lowest BCUT2D eigenvalue weighted by Crippen LogP contribution is -2.11. The lowest BCUT2D eigenvalue weighted by atomic mass is 10.2. The smallest absolute Gasteiger partial charge is 0.257 e. The first-order valence-corrected chi connectivity index (χ1v) is 7.97. The van der Waals surface area contributed by atoms with E-state index in [2.05, 4.69) is 17.2 Å². The molecule has 2 rings (SSSR count). The van der Waals surface area contributed by atoms with E-state index in [1.807, 2.05) is 18.2 Å². The van der Waals surface area contributed by atoms with Crippen molar-refractivity contribution < 1.29 is 8.98 Å². The first-order chi connectivity index (χ1) is 9.79. The van der Waals surface area contributed by atoms with Crippen LogP contribution < -0.4 is 5.32 Å². The first-order valence-electron chi connectivity index (χ1n) is 6.41. The molecule has 20 heavy (non-hydrogen) atoms. The number of hydrogen-bond acceptors (Lipinski definition) is 5. The molecular formula is C14H16N2O2S2. The van der Waals surface area contributed by atoms with Crippen LogP contribution in [0.2, 0.25) is 0 Å². The normalized spacial score (nSPS) is 10.4. The molecule has 0 bridgehead atoms. The fourth-order valence-electron chi connectivity index (χ4n) is 1.42. The van der Waals surface area contributed by atoms with Gasteiger partial charge in [-0.3, -0.25) is 10.1 Å². The zero-order chi connectivity index (χ0) is 14.2. The van der Waals surface area contributed by atoms with Gasteiger partial charge in [-0.15, -0.1) is 0 Å². The van der Waals surface area contributed by atoms with Crippen LogP contribution in [0.15, 0.2) is 40.7 Å². The number of anilines is 1. The SMILES string of the molecule is CCCCOSc1cnc(NC(=O)c2ccccc2)s1. The molecule has 0 radical (unpaired) electrons. The van der Waals surface area contributed by atoms with Gasteiger partial charge in [0.1, 0.15) is 4.21 Å². The lowest BCUT2D eigenvalue weighted by molar-refractivity contribution is 0.102. The maximum atomic E-state index is 11.9. The third-order valence-electron chi connectivity index (χ3n) is 2.46. The molecule has 106 valence electrons. The summed E-state index contributed by atoms with van der Waals surface area (Å²) in [6.07, 6.45) is 3.87. The Bertz CT molecular complexity index is 543. The third kappa shape index (κ3) is 4.63. The minimum absolute atomic E-state index is 0.150. The summed E-state index contributed by atoms with van der Waals surface area (Å²) in [6, 6.07) is 9.08. The average molecular weight is 308 g/mol. The van der Waals surface area contributed by atoms with E-state index in [-0.39, 0.29) is 5.91 Å². The van der Waals surface area contributed by atoms with E-state index in [1.54, 1.807) is 18.3 Å². The zero-order valence-electron chi connectivity index (χ0n) is 11.2. The number of hydrogen-bond donors (Lipinski definition) is 1. The Labute approximate surface area is 126 Å². The number of nitrogens with zero attached hydrogens (tertiary/aromatic N) is 1. The van der Waals surface area contributed by atoms with Gasteiger partial charge < -0.3 is 4.18 Å². The highest BCUT2D eigenvalue weighted by Gasteiger charge is 2.09. The van der Waals surface area contributed by atoms with Crippen LogP contribution >= 0.6 is 23.4 Å². The standard InChI is InChI=1S/C14H16N2O2S2/c1-2-3-9-18-20-12-10-15-14(19-12)16-13(17)11-7-5-4-6-8-11/h4-8,10H,2-3,9H2,1H3,(H,15,16,17). The van der Waals surface area contributed by atoms with Gasteiger partial charge in [-0.1, -0.05) is 42.9 Å². The minimum Gasteiger partial charge on any atom is -0.310 e. The Balaban J connectivity index is 1.85. The Kier molecular flexibility index (Phi) is 6.04. The second-order valence-corrected chi connectivity index (χ2v) is 6.19. The average Bonchev–Trinajstić information content (AvgIpc) is 2.92. The molecule has 1 aromatic carbocycles. The van der Waals surface area contributed by atoms with Gasteiger partial charge in [0.15, 0.2) is 5.13 Å². The summed E-state index contributed by atoms with van der Waals surface area (Å²) in [5, 5.41) is 3.36. The quantitative estimate of drug-likeness (QED) is 0.614. The number of rotatable bonds is 7. The van der Waals surface area contributed by atoms with Gasteiger partial charge in [-0.25, -0.2) is 4.98 Å². The van der Waals surface area contributed by atoms with E-state index in [0.717, 1.165) is 23.7 Å². The van der Waals surface area contributed by atoms with Crippen LogP contribution in [0.4, 0.5) is 5.13 Å². The molecule has 1 amide bonds. The van der Waals surface area contributed by atoms with E-state index in [4.69, 9.17) is 4.18 Å². The molecule has 1 heterocycles. The summed E-state index contributed by atoms with van der Waals surface area (Å²) in [4.78, 5) is 16.1. The minimum atomic E-state index is -0.150. The summed E-state index contributed by atoms with van der Waals surface area (Å²) in [6.45, 7) is 2.85. The highest BCUT2D eigenvalue weighted by atomic mass is 32.2. The number of carbonyl (C=O) groups is 1. The maximum absolute atomic E-state index is 11.9. The second kappa shape index (κ2) is 8.04. The van der Waals surface area contributed by atoms with Crippen LogP contribution in [-0.4, -0.2) is 17.5 Å². The third-order valence-corrected chi connectivity index (χ3v) is 4.18. The molecule has 0 fully saturated rings. The van der Waals surface area contributed by atoms with Gasteiger partial charge in [-0.2, -0.15) is 0 Å². The number of unbranched alkanes of at least 4 members (excludes halogenated alkanes) is 1. The van der Waals surface area contributed by atoms with Gasteiger partial charge in [0.25, 0.3) is 5.91 Å². The van der Waals surface area contributed by atoms with E-state index < -0.39 is 0 Å². The summed E-state index contributed by atoms with van der Waals surface area (Å²) in [5.74, 6) is -0.150. The molecule has 0 aliphatic rings. The molecule has 1 aromatic heterocycles. The van der Waals surface area contributed by atoms with Crippen molar-refractivity contribution in [1.29, 1.82) is 0 Å². The van der Waals surface area contributed by atoms with Crippen molar-refractivity contribution in [2.75, 3.05) is 11.9 Å². The van der Waals surface area contributed by atoms with E-state index >= 15 is 0 Å². The fraction of sp³-hybridized carbons (Fsp3) is 0.286. The first kappa shape index (κ1) is 15.0. The van der Waals surface area contributed by atoms with Crippen molar-refractivity contribution in [3.8, 4) is 0 Å². The molecule has 0 unspecified atom stereocenters. The summed E-state index contributed by atoms with van der Waals surface area (Å²) < 4.78 is 6.37. The highest BCUT2D eigenvalue weighted by molar-refractivity contribution is 7.96. The number of thiazole rings is 1. The summed E-state index contributed by atoms with van der Waals surface area (Å²) >= 11 is 2.72. The van der Waals surface area contributed by atoms with Crippen molar-refractivity contribution in [2.24, 2.45) is 0 Å². The monoisotopic (exact) mass is 308 g/mol. The van der Waals surface area contributed by atoms with Crippen LogP contribution in [0.25, 0.3) is 0 Å². The molecule has 1 N–H and O–H groups in total. The fourth-order valence-corrected chi connectivity index (χ4v) is 2.89. The second-order valence-electron chi connectivity index (χ2n) is 4.06. The van der Waals surface area contributed by atoms with Crippen LogP contribution in [0.5, 0.6) is 0 Å². The maximum Gasteiger partial charge on any atom is 0.257 e. The van der Waals surface area contributed by atoms with Gasteiger partial charge in [-0.05, 0) is 18.6 Å². The Morgan fingerprint density at radius 2 is 2.20 bits per heavy atom. The highest BCUT2D eigenvalue weighted by Crippen LogP contribution is 2.29. The Morgan fingerprint density at radius 3 is 2.95 bits per heavy atom. The van der Waals surface area contributed by atoms with Crippen LogP contribution in [0.1, 0.15) is 30.1 Å². The summed E-state index contributed by atoms with van der Waals surface area (Å²) in [7, 11) is 0. The van der Waals surface area contributed by atoms with Crippen LogP contribution in [0, 0.1) is 0 Å². The van der Waals surface area contributed by atoms with Crippen LogP contribution in [0.3, 0.4) is 0 Å². The molecule has 2 aromatic rings. The number of aromatic nitrogens is 1. The number of benzene rings is 1. The number of carbonyl (C=O) groups excluding carboxylic acids is 1. The topological polar surface area (TPSA) is 51.2 Å². The Morgan fingerprint density at radius 1 is 1.40 bits per heavy atom. The molecule has 0 atom stereocenters. The number of amides is 1. The molecule has 0 saturated carbocycles. The van der Waals surface area contributed by atoms with Crippen molar-refractivity contribution >= 4 is 34.4 Å². The van der Waals surface area contributed by atoms with E-state index in [0.29, 0.717) is 10.7 Å². The molecule has 0 aliphatic heterocycles. The number of nitrogens with one attached hydrogen (secondary N) is 1. The van der Waals surface area contributed by atoms with Gasteiger partial charge in [0.2, 0.25) is 0 Å².